The Morgan fingerprint density at radius 1 is 1.03 bits per heavy atom. The number of fused-ring (bicyclic) bond motifs is 1. The van der Waals surface area contributed by atoms with Crippen molar-refractivity contribution in [2.75, 3.05) is 11.1 Å². The van der Waals surface area contributed by atoms with Crippen LogP contribution >= 0.6 is 11.8 Å². The number of amides is 2. The van der Waals surface area contributed by atoms with E-state index in [0.29, 0.717) is 17.5 Å². The van der Waals surface area contributed by atoms with Crippen molar-refractivity contribution in [3.8, 4) is 0 Å². The lowest BCUT2D eigenvalue weighted by Crippen LogP contribution is -2.33. The third-order valence-electron chi connectivity index (χ3n) is 5.98. The van der Waals surface area contributed by atoms with Crippen molar-refractivity contribution in [1.82, 2.24) is 20.1 Å². The van der Waals surface area contributed by atoms with Gasteiger partial charge >= 0.3 is 0 Å². The summed E-state index contributed by atoms with van der Waals surface area (Å²) in [6.07, 6.45) is 0. The van der Waals surface area contributed by atoms with E-state index >= 15 is 0 Å². The minimum Gasteiger partial charge on any atom is -0.342 e. The highest BCUT2D eigenvalue weighted by molar-refractivity contribution is 7.99. The average Bonchev–Trinajstić information content (AvgIpc) is 3.32. The molecule has 0 bridgehead atoms. The highest BCUT2D eigenvalue weighted by Gasteiger charge is 2.26. The Labute approximate surface area is 224 Å². The zero-order chi connectivity index (χ0) is 27.2. The van der Waals surface area contributed by atoms with Crippen LogP contribution in [-0.4, -0.2) is 37.3 Å². The van der Waals surface area contributed by atoms with Crippen LogP contribution in [-0.2, 0) is 11.3 Å². The van der Waals surface area contributed by atoms with Crippen molar-refractivity contribution >= 4 is 45.7 Å². The lowest BCUT2D eigenvalue weighted by molar-refractivity contribution is -0.384. The van der Waals surface area contributed by atoms with Gasteiger partial charge in [-0.2, -0.15) is 0 Å². The van der Waals surface area contributed by atoms with Crippen molar-refractivity contribution in [2.45, 2.75) is 38.5 Å². The fourth-order valence-electron chi connectivity index (χ4n) is 4.04. The molecule has 0 saturated carbocycles. The third kappa shape index (κ3) is 6.17. The van der Waals surface area contributed by atoms with Crippen LogP contribution in [0.15, 0.2) is 71.9 Å². The zero-order valence-electron chi connectivity index (χ0n) is 21.2. The predicted octanol–water partition coefficient (Wildman–Crippen LogP) is 5.22. The SMILES string of the molecule is CCn1c(SCC(=O)Nc2ccc3ccccc3c2)nnc1[C@H](NC(=O)c1cccc([N+](=O)[O-])c1)C(C)C. The van der Waals surface area contributed by atoms with E-state index in [0.717, 1.165) is 16.5 Å². The van der Waals surface area contributed by atoms with Gasteiger partial charge in [-0.3, -0.25) is 19.7 Å². The maximum Gasteiger partial charge on any atom is 0.270 e. The zero-order valence-corrected chi connectivity index (χ0v) is 22.1. The first-order valence-electron chi connectivity index (χ1n) is 12.2. The summed E-state index contributed by atoms with van der Waals surface area (Å²) < 4.78 is 1.87. The van der Waals surface area contributed by atoms with Gasteiger partial charge in [-0.1, -0.05) is 62.0 Å². The van der Waals surface area contributed by atoms with E-state index in [1.165, 1.54) is 36.0 Å². The molecule has 0 unspecified atom stereocenters. The Hall–Kier alpha value is -4.25. The second-order valence-electron chi connectivity index (χ2n) is 8.99. The van der Waals surface area contributed by atoms with Gasteiger partial charge in [-0.05, 0) is 41.8 Å². The van der Waals surface area contributed by atoms with Crippen LogP contribution in [0.3, 0.4) is 0 Å². The minimum atomic E-state index is -0.538. The van der Waals surface area contributed by atoms with Crippen LogP contribution in [0, 0.1) is 16.0 Å². The number of non-ortho nitro benzene ring substituents is 1. The topological polar surface area (TPSA) is 132 Å². The Morgan fingerprint density at radius 3 is 2.50 bits per heavy atom. The summed E-state index contributed by atoms with van der Waals surface area (Å²) in [5.74, 6) is 0.0379. The molecule has 38 heavy (non-hydrogen) atoms. The number of thioether (sulfide) groups is 1. The molecule has 1 heterocycles. The van der Waals surface area contributed by atoms with Crippen molar-refractivity contribution in [3.05, 3.63) is 88.2 Å². The fourth-order valence-corrected chi connectivity index (χ4v) is 4.85. The molecular weight excluding hydrogens is 504 g/mol. The fraction of sp³-hybridized carbons (Fsp3) is 0.259. The molecule has 4 aromatic rings. The number of aromatic nitrogens is 3. The second-order valence-corrected chi connectivity index (χ2v) is 9.93. The molecule has 2 N–H and O–H groups in total. The molecule has 0 aliphatic carbocycles. The Morgan fingerprint density at radius 2 is 1.79 bits per heavy atom. The molecular formula is C27H28N6O4S. The number of carbonyl (C=O) groups is 2. The van der Waals surface area contributed by atoms with E-state index in [1.807, 2.05) is 67.8 Å². The number of nitrogens with one attached hydrogen (secondary N) is 2. The number of hydrogen-bond acceptors (Lipinski definition) is 7. The lowest BCUT2D eigenvalue weighted by Gasteiger charge is -2.22. The van der Waals surface area contributed by atoms with Gasteiger partial charge in [-0.15, -0.1) is 10.2 Å². The molecule has 0 radical (unpaired) electrons. The van der Waals surface area contributed by atoms with Crippen LogP contribution in [0.2, 0.25) is 0 Å². The van der Waals surface area contributed by atoms with Gasteiger partial charge in [0.05, 0.1) is 16.7 Å². The molecule has 10 nitrogen and oxygen atoms in total. The first-order valence-corrected chi connectivity index (χ1v) is 13.1. The van der Waals surface area contributed by atoms with Gasteiger partial charge in [0, 0.05) is 29.9 Å². The predicted molar refractivity (Wildman–Crippen MR) is 147 cm³/mol. The summed E-state index contributed by atoms with van der Waals surface area (Å²) in [7, 11) is 0. The van der Waals surface area contributed by atoms with E-state index in [2.05, 4.69) is 20.8 Å². The Bertz CT molecular complexity index is 1490. The van der Waals surface area contributed by atoms with E-state index in [-0.39, 0.29) is 28.8 Å². The van der Waals surface area contributed by atoms with Crippen LogP contribution < -0.4 is 10.6 Å². The van der Waals surface area contributed by atoms with E-state index in [9.17, 15) is 19.7 Å². The molecule has 2 amide bonds. The molecule has 3 aromatic carbocycles. The summed E-state index contributed by atoms with van der Waals surface area (Å²) >= 11 is 1.26. The molecule has 1 aromatic heterocycles. The van der Waals surface area contributed by atoms with Gasteiger partial charge in [0.15, 0.2) is 11.0 Å². The van der Waals surface area contributed by atoms with E-state index < -0.39 is 16.9 Å². The van der Waals surface area contributed by atoms with Crippen LogP contribution in [0.1, 0.15) is 43.0 Å². The molecule has 4 rings (SSSR count). The van der Waals surface area contributed by atoms with Gasteiger partial charge in [0.25, 0.3) is 11.6 Å². The first kappa shape index (κ1) is 26.8. The van der Waals surface area contributed by atoms with Crippen molar-refractivity contribution in [1.29, 1.82) is 0 Å². The molecule has 1 atom stereocenters. The maximum absolute atomic E-state index is 12.9. The van der Waals surface area contributed by atoms with Gasteiger partial charge < -0.3 is 15.2 Å². The van der Waals surface area contributed by atoms with Crippen molar-refractivity contribution in [2.24, 2.45) is 5.92 Å². The smallest absolute Gasteiger partial charge is 0.270 e. The van der Waals surface area contributed by atoms with Crippen LogP contribution in [0.4, 0.5) is 11.4 Å². The average molecular weight is 533 g/mol. The molecule has 11 heteroatoms. The molecule has 0 aliphatic heterocycles. The van der Waals surface area contributed by atoms with E-state index in [1.54, 1.807) is 0 Å². The Balaban J connectivity index is 1.45. The molecule has 196 valence electrons. The molecule has 0 spiro atoms. The molecule has 0 aliphatic rings. The number of nitro benzene ring substituents is 1. The van der Waals surface area contributed by atoms with Gasteiger partial charge in [-0.25, -0.2) is 0 Å². The number of nitrogens with zero attached hydrogens (tertiary/aromatic N) is 4. The Kier molecular flexibility index (Phi) is 8.37. The maximum atomic E-state index is 12.9. The second kappa shape index (κ2) is 11.9. The van der Waals surface area contributed by atoms with E-state index in [4.69, 9.17) is 0 Å². The number of anilines is 1. The largest absolute Gasteiger partial charge is 0.342 e. The van der Waals surface area contributed by atoms with Crippen molar-refractivity contribution in [3.63, 3.8) is 0 Å². The third-order valence-corrected chi connectivity index (χ3v) is 6.94. The summed E-state index contributed by atoms with van der Waals surface area (Å²) in [5.41, 5.74) is 0.749. The van der Waals surface area contributed by atoms with Crippen molar-refractivity contribution < 1.29 is 14.5 Å². The van der Waals surface area contributed by atoms with Gasteiger partial charge in [0.1, 0.15) is 0 Å². The minimum absolute atomic E-state index is 0.0406. The normalized spacial score (nSPS) is 11.9. The summed E-state index contributed by atoms with van der Waals surface area (Å²) in [4.78, 5) is 36.2. The highest BCUT2D eigenvalue weighted by Crippen LogP contribution is 2.26. The molecule has 0 saturated heterocycles. The van der Waals surface area contributed by atoms with Crippen LogP contribution in [0.5, 0.6) is 0 Å². The number of nitro groups is 1. The summed E-state index contributed by atoms with van der Waals surface area (Å²) in [6.45, 7) is 6.35. The number of rotatable bonds is 10. The highest BCUT2D eigenvalue weighted by atomic mass is 32.2. The van der Waals surface area contributed by atoms with Gasteiger partial charge in [0.2, 0.25) is 5.91 Å². The lowest BCUT2D eigenvalue weighted by atomic mass is 10.0. The number of carbonyl (C=O) groups excluding carboxylic acids is 2. The summed E-state index contributed by atoms with van der Waals surface area (Å²) in [6, 6.07) is 18.8. The summed E-state index contributed by atoms with van der Waals surface area (Å²) in [5, 5.41) is 28.3. The number of hydrogen-bond donors (Lipinski definition) is 2. The molecule has 0 fully saturated rings. The monoisotopic (exact) mass is 532 g/mol. The first-order chi connectivity index (χ1) is 18.3. The standard InChI is InChI=1S/C27H28N6O4S/c1-4-32-25(24(17(2)3)29-26(35)20-10-7-11-22(15-20)33(36)37)30-31-27(32)38-16-23(34)28-21-13-12-18-8-5-6-9-19(18)14-21/h5-15,17,24H,4,16H2,1-3H3,(H,28,34)(H,29,35)/t24-/m1/s1. The number of benzene rings is 3. The quantitative estimate of drug-likeness (QED) is 0.163. The van der Waals surface area contributed by atoms with Crippen LogP contribution in [0.25, 0.3) is 10.8 Å².